The van der Waals surface area contributed by atoms with Crippen LogP contribution in [0.25, 0.3) is 0 Å². The number of morpholine rings is 1. The van der Waals surface area contributed by atoms with Gasteiger partial charge in [-0.05, 0) is 6.07 Å². The Morgan fingerprint density at radius 1 is 1.26 bits per heavy atom. The van der Waals surface area contributed by atoms with Crippen LogP contribution in [0.3, 0.4) is 0 Å². The van der Waals surface area contributed by atoms with Crippen molar-refractivity contribution in [2.24, 2.45) is 0 Å². The van der Waals surface area contributed by atoms with Crippen LogP contribution in [0.5, 0.6) is 5.75 Å². The summed E-state index contributed by atoms with van der Waals surface area (Å²) >= 11 is 6.38. The summed E-state index contributed by atoms with van der Waals surface area (Å²) in [7, 11) is 2.75. The molecule has 0 spiro atoms. The lowest BCUT2D eigenvalue weighted by atomic mass is 10.0. The third kappa shape index (κ3) is 4.98. The molecule has 2 aliphatic heterocycles. The number of carbonyl (C=O) groups excluding carboxylic acids is 1. The predicted octanol–water partition coefficient (Wildman–Crippen LogP) is 3.10. The molecule has 1 aromatic heterocycles. The van der Waals surface area contributed by atoms with Gasteiger partial charge >= 0.3 is 6.18 Å². The van der Waals surface area contributed by atoms with Crippen molar-refractivity contribution in [2.45, 2.75) is 12.2 Å². The first-order valence-corrected chi connectivity index (χ1v) is 11.0. The second-order valence-corrected chi connectivity index (χ2v) is 8.28. The van der Waals surface area contributed by atoms with Crippen molar-refractivity contribution in [1.29, 1.82) is 0 Å². The average molecular weight is 501 g/mol. The van der Waals surface area contributed by atoms with Crippen LogP contribution < -0.4 is 15.4 Å². The highest BCUT2D eigenvalue weighted by Gasteiger charge is 2.37. The van der Waals surface area contributed by atoms with E-state index < -0.39 is 11.7 Å². The molecular formula is C21H24ClF3N6O3. The van der Waals surface area contributed by atoms with Crippen molar-refractivity contribution in [1.82, 2.24) is 19.8 Å². The van der Waals surface area contributed by atoms with E-state index in [0.29, 0.717) is 44.1 Å². The van der Waals surface area contributed by atoms with Crippen LogP contribution in [-0.2, 0) is 10.9 Å². The first kappa shape index (κ1) is 24.3. The fourth-order valence-electron chi connectivity index (χ4n) is 3.91. The number of alkyl halides is 3. The van der Waals surface area contributed by atoms with Gasteiger partial charge in [0.15, 0.2) is 0 Å². The molecule has 2 saturated heterocycles. The Balaban J connectivity index is 1.49. The molecular weight excluding hydrogens is 477 g/mol. The number of halogens is 4. The normalized spacial score (nSPS) is 17.3. The van der Waals surface area contributed by atoms with Gasteiger partial charge in [0.25, 0.3) is 5.91 Å². The Bertz CT molecular complexity index is 1060. The molecule has 0 bridgehead atoms. The standard InChI is InChI=1S/C21H24ClF3N6O3/c1-26-18-14(21(23,24)25)9-27-20(29-18)28-16-8-17(33-2)13(7-15(16)22)19(32)31-10-12(11-31)30-3-5-34-6-4-30/h7-9,12H,3-6,10-11H2,1-2H3,(H2,26,27,28,29). The highest BCUT2D eigenvalue weighted by atomic mass is 35.5. The Kier molecular flexibility index (Phi) is 7.01. The number of anilines is 3. The summed E-state index contributed by atoms with van der Waals surface area (Å²) in [5.41, 5.74) is -0.412. The van der Waals surface area contributed by atoms with Gasteiger partial charge in [-0.25, -0.2) is 4.98 Å². The van der Waals surface area contributed by atoms with Crippen LogP contribution in [-0.4, -0.2) is 85.3 Å². The molecule has 184 valence electrons. The topological polar surface area (TPSA) is 91.9 Å². The quantitative estimate of drug-likeness (QED) is 0.625. The molecule has 2 N–H and O–H groups in total. The average Bonchev–Trinajstić information content (AvgIpc) is 2.79. The van der Waals surface area contributed by atoms with E-state index in [1.54, 1.807) is 4.90 Å². The molecule has 4 rings (SSSR count). The highest BCUT2D eigenvalue weighted by molar-refractivity contribution is 6.33. The number of methoxy groups -OCH3 is 1. The minimum Gasteiger partial charge on any atom is -0.496 e. The number of hydrogen-bond acceptors (Lipinski definition) is 8. The maximum absolute atomic E-state index is 13.1. The predicted molar refractivity (Wildman–Crippen MR) is 120 cm³/mol. The van der Waals surface area contributed by atoms with Crippen molar-refractivity contribution >= 4 is 35.0 Å². The lowest BCUT2D eigenvalue weighted by molar-refractivity contribution is -0.137. The fourth-order valence-corrected chi connectivity index (χ4v) is 4.12. The van der Waals surface area contributed by atoms with Gasteiger partial charge in [-0.1, -0.05) is 11.6 Å². The number of carbonyl (C=O) groups is 1. The van der Waals surface area contributed by atoms with Crippen molar-refractivity contribution in [3.05, 3.63) is 34.5 Å². The second-order valence-electron chi connectivity index (χ2n) is 7.87. The zero-order chi connectivity index (χ0) is 24.5. The van der Waals surface area contributed by atoms with E-state index >= 15 is 0 Å². The number of rotatable bonds is 6. The number of aromatic nitrogens is 2. The number of nitrogens with one attached hydrogen (secondary N) is 2. The molecule has 34 heavy (non-hydrogen) atoms. The van der Waals surface area contributed by atoms with Crippen LogP contribution in [0.15, 0.2) is 18.3 Å². The van der Waals surface area contributed by atoms with E-state index in [1.807, 2.05) is 0 Å². The van der Waals surface area contributed by atoms with Gasteiger partial charge in [-0.15, -0.1) is 0 Å². The Hall–Kier alpha value is -2.83. The van der Waals surface area contributed by atoms with Gasteiger partial charge in [-0.3, -0.25) is 9.69 Å². The maximum atomic E-state index is 13.1. The molecule has 0 saturated carbocycles. The molecule has 1 amide bonds. The molecule has 0 unspecified atom stereocenters. The summed E-state index contributed by atoms with van der Waals surface area (Å²) in [5, 5.41) is 5.37. The number of nitrogens with zero attached hydrogens (tertiary/aromatic N) is 4. The molecule has 0 radical (unpaired) electrons. The van der Waals surface area contributed by atoms with Gasteiger partial charge in [0.1, 0.15) is 17.1 Å². The number of ether oxygens (including phenoxy) is 2. The summed E-state index contributed by atoms with van der Waals surface area (Å²) < 4.78 is 50.0. The summed E-state index contributed by atoms with van der Waals surface area (Å²) in [6, 6.07) is 3.26. The lowest BCUT2D eigenvalue weighted by Gasteiger charge is -2.46. The lowest BCUT2D eigenvalue weighted by Crippen LogP contribution is -2.62. The van der Waals surface area contributed by atoms with Crippen molar-refractivity contribution in [3.63, 3.8) is 0 Å². The third-order valence-electron chi connectivity index (χ3n) is 5.81. The summed E-state index contributed by atoms with van der Waals surface area (Å²) in [4.78, 5) is 24.7. The maximum Gasteiger partial charge on any atom is 0.421 e. The summed E-state index contributed by atoms with van der Waals surface area (Å²) in [5.74, 6) is -0.422. The van der Waals surface area contributed by atoms with Crippen LogP contribution in [0, 0.1) is 0 Å². The fraction of sp³-hybridized carbons (Fsp3) is 0.476. The monoisotopic (exact) mass is 500 g/mol. The van der Waals surface area contributed by atoms with E-state index in [0.717, 1.165) is 13.1 Å². The Morgan fingerprint density at radius 3 is 2.59 bits per heavy atom. The van der Waals surface area contributed by atoms with Crippen LogP contribution in [0.1, 0.15) is 15.9 Å². The van der Waals surface area contributed by atoms with E-state index in [2.05, 4.69) is 25.5 Å². The molecule has 2 aliphatic rings. The minimum atomic E-state index is -4.60. The zero-order valence-corrected chi connectivity index (χ0v) is 19.3. The SMILES string of the molecule is CNc1nc(Nc2cc(OC)c(C(=O)N3CC(N4CCOCC4)C3)cc2Cl)ncc1C(F)(F)F. The van der Waals surface area contributed by atoms with Crippen LogP contribution in [0.4, 0.5) is 30.6 Å². The van der Waals surface area contributed by atoms with Gasteiger partial charge in [0, 0.05) is 51.5 Å². The van der Waals surface area contributed by atoms with Crippen molar-refractivity contribution in [2.75, 3.05) is 64.2 Å². The van der Waals surface area contributed by atoms with E-state index in [9.17, 15) is 18.0 Å². The molecule has 2 fully saturated rings. The van der Waals surface area contributed by atoms with Crippen molar-refractivity contribution in [3.8, 4) is 5.75 Å². The van der Waals surface area contributed by atoms with Crippen LogP contribution >= 0.6 is 11.6 Å². The Labute approximate surface area is 199 Å². The summed E-state index contributed by atoms with van der Waals surface area (Å²) in [6.07, 6.45) is -3.92. The number of likely N-dealkylation sites (tertiary alicyclic amines) is 1. The summed E-state index contributed by atoms with van der Waals surface area (Å²) in [6.45, 7) is 4.30. The largest absolute Gasteiger partial charge is 0.496 e. The van der Waals surface area contributed by atoms with Crippen LogP contribution in [0.2, 0.25) is 5.02 Å². The third-order valence-corrected chi connectivity index (χ3v) is 6.12. The minimum absolute atomic E-state index is 0.100. The van der Waals surface area contributed by atoms with E-state index in [4.69, 9.17) is 21.1 Å². The van der Waals surface area contributed by atoms with Gasteiger partial charge in [0.05, 0.1) is 36.6 Å². The van der Waals surface area contributed by atoms with E-state index in [-0.39, 0.29) is 34.1 Å². The molecule has 1 aromatic carbocycles. The second kappa shape index (κ2) is 9.80. The zero-order valence-electron chi connectivity index (χ0n) is 18.6. The first-order chi connectivity index (χ1) is 16.2. The van der Waals surface area contributed by atoms with Gasteiger partial charge in [-0.2, -0.15) is 18.2 Å². The smallest absolute Gasteiger partial charge is 0.421 e. The Morgan fingerprint density at radius 2 is 1.97 bits per heavy atom. The number of hydrogen-bond donors (Lipinski definition) is 2. The molecule has 2 aromatic rings. The molecule has 0 aliphatic carbocycles. The molecule has 9 nitrogen and oxygen atoms in total. The van der Waals surface area contributed by atoms with Gasteiger partial charge in [0.2, 0.25) is 5.95 Å². The number of amides is 1. The molecule has 3 heterocycles. The molecule has 0 atom stereocenters. The molecule has 13 heteroatoms. The van der Waals surface area contributed by atoms with Gasteiger partial charge < -0.3 is 25.0 Å². The highest BCUT2D eigenvalue weighted by Crippen LogP contribution is 2.36. The van der Waals surface area contributed by atoms with E-state index in [1.165, 1.54) is 26.3 Å². The number of benzene rings is 1. The first-order valence-electron chi connectivity index (χ1n) is 10.6. The van der Waals surface area contributed by atoms with Crippen molar-refractivity contribution < 1.29 is 27.4 Å².